The van der Waals surface area contributed by atoms with Crippen LogP contribution in [0.2, 0.25) is 0 Å². The highest BCUT2D eigenvalue weighted by Gasteiger charge is 2.32. The van der Waals surface area contributed by atoms with E-state index >= 15 is 0 Å². The molecular formula is C18H32N2O3. The van der Waals surface area contributed by atoms with Gasteiger partial charge in [0.1, 0.15) is 12.1 Å². The Morgan fingerprint density at radius 1 is 1.00 bits per heavy atom. The smallest absolute Gasteiger partial charge is 0.411 e. The van der Waals surface area contributed by atoms with E-state index in [1.165, 1.54) is 12.8 Å². The minimum atomic E-state index is -0.530. The van der Waals surface area contributed by atoms with Crippen molar-refractivity contribution < 1.29 is 14.3 Å². The van der Waals surface area contributed by atoms with E-state index in [-0.39, 0.29) is 24.6 Å². The van der Waals surface area contributed by atoms with Gasteiger partial charge in [-0.1, -0.05) is 19.3 Å². The van der Waals surface area contributed by atoms with Gasteiger partial charge in [-0.2, -0.15) is 0 Å². The van der Waals surface area contributed by atoms with Crippen LogP contribution in [-0.2, 0) is 9.53 Å². The average Bonchev–Trinajstić information content (AvgIpc) is 2.52. The van der Waals surface area contributed by atoms with Gasteiger partial charge in [-0.3, -0.25) is 9.69 Å². The second-order valence-electron chi connectivity index (χ2n) is 7.84. The van der Waals surface area contributed by atoms with Crippen molar-refractivity contribution in [2.24, 2.45) is 0 Å². The maximum Gasteiger partial charge on any atom is 0.411 e. The molecule has 2 rings (SSSR count). The molecule has 1 saturated heterocycles. The quantitative estimate of drug-likeness (QED) is 0.797. The van der Waals surface area contributed by atoms with Crippen LogP contribution in [0.4, 0.5) is 4.79 Å². The Morgan fingerprint density at radius 2 is 1.57 bits per heavy atom. The Hall–Kier alpha value is -1.26. The van der Waals surface area contributed by atoms with Gasteiger partial charge >= 0.3 is 6.09 Å². The normalized spacial score (nSPS) is 20.2. The van der Waals surface area contributed by atoms with Crippen molar-refractivity contribution >= 4 is 12.0 Å². The fourth-order valence-corrected chi connectivity index (χ4v) is 3.45. The van der Waals surface area contributed by atoms with E-state index in [2.05, 4.69) is 0 Å². The fourth-order valence-electron chi connectivity index (χ4n) is 3.45. The third-order valence-electron chi connectivity index (χ3n) is 4.66. The van der Waals surface area contributed by atoms with Gasteiger partial charge in [-0.15, -0.1) is 0 Å². The summed E-state index contributed by atoms with van der Waals surface area (Å²) in [5.41, 5.74) is -0.530. The molecule has 1 aliphatic carbocycles. The van der Waals surface area contributed by atoms with Crippen molar-refractivity contribution in [2.45, 2.75) is 83.8 Å². The van der Waals surface area contributed by atoms with Crippen LogP contribution >= 0.6 is 0 Å². The maximum atomic E-state index is 12.6. The van der Waals surface area contributed by atoms with Crippen LogP contribution in [0, 0.1) is 0 Å². The summed E-state index contributed by atoms with van der Waals surface area (Å²) in [5.74, 6) is 0.0705. The molecule has 5 nitrogen and oxygen atoms in total. The first-order chi connectivity index (χ1) is 10.9. The number of piperidine rings is 1. The summed E-state index contributed by atoms with van der Waals surface area (Å²) in [6.45, 7) is 7.43. The summed E-state index contributed by atoms with van der Waals surface area (Å²) in [7, 11) is 0. The van der Waals surface area contributed by atoms with Gasteiger partial charge < -0.3 is 9.64 Å². The highest BCUT2D eigenvalue weighted by atomic mass is 16.6. The standard InChI is InChI=1S/C18H32N2O3/c1-18(2,3)23-17(22)20(15-10-6-4-7-11-15)14-16(21)19-12-8-5-9-13-19/h15H,4-14H2,1-3H3. The van der Waals surface area contributed by atoms with Crippen molar-refractivity contribution in [3.05, 3.63) is 0 Å². The van der Waals surface area contributed by atoms with E-state index in [1.54, 1.807) is 4.90 Å². The van der Waals surface area contributed by atoms with Gasteiger partial charge in [-0.25, -0.2) is 4.79 Å². The molecule has 1 heterocycles. The zero-order valence-corrected chi connectivity index (χ0v) is 15.0. The molecule has 2 amide bonds. The zero-order valence-electron chi connectivity index (χ0n) is 15.0. The summed E-state index contributed by atoms with van der Waals surface area (Å²) in [5, 5.41) is 0. The molecule has 5 heteroatoms. The number of carbonyl (C=O) groups excluding carboxylic acids is 2. The first kappa shape index (κ1) is 18.1. The lowest BCUT2D eigenvalue weighted by Crippen LogP contribution is -2.50. The second-order valence-corrected chi connectivity index (χ2v) is 7.84. The Labute approximate surface area is 140 Å². The predicted octanol–water partition coefficient (Wildman–Crippen LogP) is 3.57. The number of likely N-dealkylation sites (tertiary alicyclic amines) is 1. The van der Waals surface area contributed by atoms with E-state index in [4.69, 9.17) is 4.74 Å². The number of carbonyl (C=O) groups is 2. The minimum Gasteiger partial charge on any atom is -0.444 e. The lowest BCUT2D eigenvalue weighted by Gasteiger charge is -2.37. The SMILES string of the molecule is CC(C)(C)OC(=O)N(CC(=O)N1CCCCC1)C1CCCCC1. The van der Waals surface area contributed by atoms with E-state index in [0.29, 0.717) is 0 Å². The zero-order chi connectivity index (χ0) is 16.9. The summed E-state index contributed by atoms with van der Waals surface area (Å²) in [6, 6.07) is 0.146. The van der Waals surface area contributed by atoms with Crippen molar-refractivity contribution in [3.8, 4) is 0 Å². The van der Waals surface area contributed by atoms with E-state index in [1.807, 2.05) is 25.7 Å². The van der Waals surface area contributed by atoms with Crippen LogP contribution in [0.15, 0.2) is 0 Å². The van der Waals surface area contributed by atoms with Crippen molar-refractivity contribution in [3.63, 3.8) is 0 Å². The molecule has 0 aromatic rings. The van der Waals surface area contributed by atoms with Crippen LogP contribution in [0.3, 0.4) is 0 Å². The molecule has 0 atom stereocenters. The predicted molar refractivity (Wildman–Crippen MR) is 90.2 cm³/mol. The molecule has 0 aromatic carbocycles. The van der Waals surface area contributed by atoms with E-state index < -0.39 is 5.60 Å². The lowest BCUT2D eigenvalue weighted by molar-refractivity contribution is -0.134. The molecule has 2 fully saturated rings. The van der Waals surface area contributed by atoms with Gasteiger partial charge in [0, 0.05) is 19.1 Å². The van der Waals surface area contributed by atoms with Gasteiger partial charge in [-0.05, 0) is 52.9 Å². The largest absolute Gasteiger partial charge is 0.444 e. The van der Waals surface area contributed by atoms with Crippen LogP contribution in [0.5, 0.6) is 0 Å². The highest BCUT2D eigenvalue weighted by molar-refractivity contribution is 5.82. The monoisotopic (exact) mass is 324 g/mol. The molecule has 23 heavy (non-hydrogen) atoms. The summed E-state index contributed by atoms with van der Waals surface area (Å²) < 4.78 is 5.56. The third kappa shape index (κ3) is 5.70. The molecule has 0 spiro atoms. The number of rotatable bonds is 3. The highest BCUT2D eigenvalue weighted by Crippen LogP contribution is 2.24. The molecule has 0 aromatic heterocycles. The summed E-state index contributed by atoms with van der Waals surface area (Å²) in [4.78, 5) is 28.8. The molecular weight excluding hydrogens is 292 g/mol. The molecule has 1 saturated carbocycles. The van der Waals surface area contributed by atoms with Crippen molar-refractivity contribution in [2.75, 3.05) is 19.6 Å². The average molecular weight is 324 g/mol. The molecule has 0 N–H and O–H groups in total. The molecule has 0 radical (unpaired) electrons. The van der Waals surface area contributed by atoms with Gasteiger partial charge in [0.2, 0.25) is 5.91 Å². The molecule has 2 aliphatic rings. The Morgan fingerprint density at radius 3 is 2.13 bits per heavy atom. The topological polar surface area (TPSA) is 49.9 Å². The molecule has 132 valence electrons. The number of amides is 2. The van der Waals surface area contributed by atoms with Crippen molar-refractivity contribution in [1.82, 2.24) is 9.80 Å². The lowest BCUT2D eigenvalue weighted by atomic mass is 9.94. The summed E-state index contributed by atoms with van der Waals surface area (Å²) in [6.07, 6.45) is 8.43. The molecule has 1 aliphatic heterocycles. The van der Waals surface area contributed by atoms with Gasteiger partial charge in [0.05, 0.1) is 0 Å². The second kappa shape index (κ2) is 8.02. The van der Waals surface area contributed by atoms with Gasteiger partial charge in [0.15, 0.2) is 0 Å². The number of hydrogen-bond donors (Lipinski definition) is 0. The Kier molecular flexibility index (Phi) is 6.31. The molecule has 0 unspecified atom stereocenters. The summed E-state index contributed by atoms with van der Waals surface area (Å²) >= 11 is 0. The van der Waals surface area contributed by atoms with Crippen LogP contribution in [0.1, 0.15) is 72.1 Å². The Bertz CT molecular complexity index is 405. The third-order valence-corrected chi connectivity index (χ3v) is 4.66. The van der Waals surface area contributed by atoms with E-state index in [9.17, 15) is 9.59 Å². The first-order valence-corrected chi connectivity index (χ1v) is 9.14. The minimum absolute atomic E-state index is 0.0705. The van der Waals surface area contributed by atoms with Crippen molar-refractivity contribution in [1.29, 1.82) is 0 Å². The number of hydrogen-bond acceptors (Lipinski definition) is 3. The Balaban J connectivity index is 2.02. The van der Waals surface area contributed by atoms with Crippen LogP contribution < -0.4 is 0 Å². The maximum absolute atomic E-state index is 12.6. The van der Waals surface area contributed by atoms with Gasteiger partial charge in [0.25, 0.3) is 0 Å². The van der Waals surface area contributed by atoms with Crippen LogP contribution in [0.25, 0.3) is 0 Å². The van der Waals surface area contributed by atoms with Crippen LogP contribution in [-0.4, -0.2) is 53.1 Å². The molecule has 0 bridgehead atoms. The fraction of sp³-hybridized carbons (Fsp3) is 0.889. The number of ether oxygens (including phenoxy) is 1. The van der Waals surface area contributed by atoms with E-state index in [0.717, 1.165) is 51.6 Å². The first-order valence-electron chi connectivity index (χ1n) is 9.14. The number of nitrogens with zero attached hydrogens (tertiary/aromatic N) is 2.